The maximum Gasteiger partial charge on any atom is 0.341 e. The van der Waals surface area contributed by atoms with E-state index in [-0.39, 0.29) is 76.7 Å². The lowest BCUT2D eigenvalue weighted by Crippen LogP contribution is -2.30. The standard InChI is InChI=1S/C27H33FN2O7.BrH/c1-7-35-20-11-16-12-30(26(29)22(16)23(28)25(20)36-8-2)13-18(31)15-9-17(27(3,4)5)24(34-6)19(10-15)37-14-21(32)33;/h9-11,29H,7-8,12-14H2,1-6H3,(H,32,33);1H. The van der Waals surface area contributed by atoms with Crippen molar-refractivity contribution in [3.63, 3.8) is 0 Å². The van der Waals surface area contributed by atoms with Crippen LogP contribution in [0, 0.1) is 11.2 Å². The Balaban J connectivity index is 0.00000507. The molecule has 2 N–H and O–H groups in total. The minimum Gasteiger partial charge on any atom is -0.493 e. The molecule has 0 radical (unpaired) electrons. The van der Waals surface area contributed by atoms with E-state index in [2.05, 4.69) is 0 Å². The molecule has 1 aliphatic heterocycles. The lowest BCUT2D eigenvalue weighted by Gasteiger charge is -2.25. The van der Waals surface area contributed by atoms with Crippen LogP contribution in [-0.4, -0.2) is 61.1 Å². The fourth-order valence-corrected chi connectivity index (χ4v) is 4.20. The topological polar surface area (TPSA) is 118 Å². The number of fused-ring (bicyclic) bond motifs is 1. The number of carbonyl (C=O) groups excluding carboxylic acids is 1. The highest BCUT2D eigenvalue weighted by Crippen LogP contribution is 2.41. The molecule has 208 valence electrons. The first kappa shape index (κ1) is 30.9. The molecule has 1 heterocycles. The first-order valence-electron chi connectivity index (χ1n) is 12.0. The number of carboxylic acids is 1. The highest BCUT2D eigenvalue weighted by molar-refractivity contribution is 8.93. The Labute approximate surface area is 232 Å². The first-order chi connectivity index (χ1) is 17.4. The number of methoxy groups -OCH3 is 1. The van der Waals surface area contributed by atoms with Crippen molar-refractivity contribution in [2.75, 3.05) is 33.5 Å². The van der Waals surface area contributed by atoms with Crippen LogP contribution in [0.25, 0.3) is 0 Å². The van der Waals surface area contributed by atoms with Gasteiger partial charge in [0.15, 0.2) is 41.2 Å². The van der Waals surface area contributed by atoms with Crippen LogP contribution >= 0.6 is 17.0 Å². The molecular weight excluding hydrogens is 563 g/mol. The zero-order valence-electron chi connectivity index (χ0n) is 22.4. The molecule has 38 heavy (non-hydrogen) atoms. The second-order valence-corrected chi connectivity index (χ2v) is 9.53. The summed E-state index contributed by atoms with van der Waals surface area (Å²) in [4.78, 5) is 26.0. The monoisotopic (exact) mass is 596 g/mol. The van der Waals surface area contributed by atoms with E-state index in [1.165, 1.54) is 18.1 Å². The third-order valence-electron chi connectivity index (χ3n) is 5.85. The van der Waals surface area contributed by atoms with Crippen molar-refractivity contribution in [3.05, 3.63) is 46.3 Å². The van der Waals surface area contributed by atoms with Gasteiger partial charge >= 0.3 is 5.97 Å². The predicted molar refractivity (Wildman–Crippen MR) is 145 cm³/mol. The second kappa shape index (κ2) is 12.5. The number of nitrogens with zero attached hydrogens (tertiary/aromatic N) is 1. The molecule has 0 saturated heterocycles. The van der Waals surface area contributed by atoms with E-state index in [0.717, 1.165) is 0 Å². The van der Waals surface area contributed by atoms with Crippen LogP contribution < -0.4 is 18.9 Å². The summed E-state index contributed by atoms with van der Waals surface area (Å²) < 4.78 is 37.3. The molecule has 3 rings (SSSR count). The number of ketones is 1. The first-order valence-corrected chi connectivity index (χ1v) is 12.0. The number of hydrogen-bond acceptors (Lipinski definition) is 7. The van der Waals surface area contributed by atoms with E-state index in [9.17, 15) is 9.59 Å². The lowest BCUT2D eigenvalue weighted by atomic mass is 9.84. The third-order valence-corrected chi connectivity index (χ3v) is 5.85. The Kier molecular flexibility index (Phi) is 10.1. The average Bonchev–Trinajstić information content (AvgIpc) is 3.13. The molecule has 1 aliphatic rings. The number of amidine groups is 1. The summed E-state index contributed by atoms with van der Waals surface area (Å²) in [6.07, 6.45) is 0. The van der Waals surface area contributed by atoms with Crippen LogP contribution in [-0.2, 0) is 16.8 Å². The van der Waals surface area contributed by atoms with E-state index in [1.807, 2.05) is 20.8 Å². The van der Waals surface area contributed by atoms with Gasteiger partial charge in [-0.05, 0) is 43.0 Å². The van der Waals surface area contributed by atoms with E-state index in [0.29, 0.717) is 23.5 Å². The summed E-state index contributed by atoms with van der Waals surface area (Å²) in [6, 6.07) is 4.77. The van der Waals surface area contributed by atoms with Crippen molar-refractivity contribution in [2.45, 2.75) is 46.6 Å². The average molecular weight is 597 g/mol. The molecule has 0 unspecified atom stereocenters. The quantitative estimate of drug-likeness (QED) is 0.348. The number of carbonyl (C=O) groups is 2. The van der Waals surface area contributed by atoms with Gasteiger partial charge in [-0.25, -0.2) is 9.18 Å². The highest BCUT2D eigenvalue weighted by Gasteiger charge is 2.34. The number of nitrogens with one attached hydrogen (secondary N) is 1. The molecule has 9 nitrogen and oxygen atoms in total. The van der Waals surface area contributed by atoms with Crippen LogP contribution in [0.1, 0.15) is 61.7 Å². The third kappa shape index (κ3) is 6.38. The number of aliphatic carboxylic acids is 1. The minimum atomic E-state index is -1.17. The fourth-order valence-electron chi connectivity index (χ4n) is 4.20. The molecule has 11 heteroatoms. The second-order valence-electron chi connectivity index (χ2n) is 9.53. The van der Waals surface area contributed by atoms with Crippen molar-refractivity contribution < 1.29 is 38.0 Å². The van der Waals surface area contributed by atoms with Gasteiger partial charge in [0.2, 0.25) is 0 Å². The molecule has 0 aromatic heterocycles. The van der Waals surface area contributed by atoms with Gasteiger partial charge in [0.1, 0.15) is 5.84 Å². The van der Waals surface area contributed by atoms with Gasteiger partial charge in [0.05, 0.1) is 32.4 Å². The largest absolute Gasteiger partial charge is 0.493 e. The van der Waals surface area contributed by atoms with Gasteiger partial charge in [0, 0.05) is 17.7 Å². The fraction of sp³-hybridized carbons (Fsp3) is 0.444. The molecule has 2 aromatic carbocycles. The molecule has 0 atom stereocenters. The Morgan fingerprint density at radius 2 is 1.68 bits per heavy atom. The summed E-state index contributed by atoms with van der Waals surface area (Å²) in [7, 11) is 1.45. The molecule has 0 saturated carbocycles. The SMILES string of the molecule is Br.CCOc1cc2c(c(F)c1OCC)C(=N)N(CC(=O)c1cc(OCC(=O)O)c(OC)c(C(C)(C)C)c1)C2. The van der Waals surface area contributed by atoms with Gasteiger partial charge in [-0.15, -0.1) is 17.0 Å². The van der Waals surface area contributed by atoms with Crippen LogP contribution in [0.15, 0.2) is 18.2 Å². The summed E-state index contributed by atoms with van der Waals surface area (Å²) in [5, 5.41) is 17.6. The molecule has 0 spiro atoms. The molecule has 0 fully saturated rings. The lowest BCUT2D eigenvalue weighted by molar-refractivity contribution is -0.139. The number of benzene rings is 2. The minimum absolute atomic E-state index is 0. The summed E-state index contributed by atoms with van der Waals surface area (Å²) in [5.74, 6) is -1.64. The molecule has 0 bridgehead atoms. The number of ether oxygens (including phenoxy) is 4. The van der Waals surface area contributed by atoms with Crippen molar-refractivity contribution in [1.29, 1.82) is 5.41 Å². The van der Waals surface area contributed by atoms with Crippen molar-refractivity contribution >= 4 is 34.6 Å². The number of rotatable bonds is 11. The van der Waals surface area contributed by atoms with Crippen LogP contribution in [0.2, 0.25) is 0 Å². The predicted octanol–water partition coefficient (Wildman–Crippen LogP) is 4.99. The van der Waals surface area contributed by atoms with Gasteiger partial charge in [-0.3, -0.25) is 10.2 Å². The van der Waals surface area contributed by atoms with Crippen LogP contribution in [0.5, 0.6) is 23.0 Å². The smallest absolute Gasteiger partial charge is 0.341 e. The normalized spacial score (nSPS) is 12.5. The number of Topliss-reactive ketones (excluding diaryl/α,β-unsaturated/α-hetero) is 1. The Bertz CT molecular complexity index is 1230. The van der Waals surface area contributed by atoms with Gasteiger partial charge in [-0.1, -0.05) is 20.8 Å². The number of halogens is 2. The molecular formula is C27H34BrFN2O7. The summed E-state index contributed by atoms with van der Waals surface area (Å²) in [5.41, 5.74) is 1.08. The molecule has 0 amide bonds. The van der Waals surface area contributed by atoms with E-state index >= 15 is 4.39 Å². The van der Waals surface area contributed by atoms with Crippen LogP contribution in [0.3, 0.4) is 0 Å². The van der Waals surface area contributed by atoms with E-state index < -0.39 is 23.8 Å². The van der Waals surface area contributed by atoms with Crippen molar-refractivity contribution in [2.24, 2.45) is 0 Å². The zero-order valence-corrected chi connectivity index (χ0v) is 24.1. The van der Waals surface area contributed by atoms with Crippen molar-refractivity contribution in [1.82, 2.24) is 4.90 Å². The number of hydrogen-bond donors (Lipinski definition) is 2. The molecule has 2 aromatic rings. The zero-order chi connectivity index (χ0) is 27.5. The maximum atomic E-state index is 15.4. The maximum absolute atomic E-state index is 15.4. The van der Waals surface area contributed by atoms with Crippen LogP contribution in [0.4, 0.5) is 4.39 Å². The Hall–Kier alpha value is -3.34. The van der Waals surface area contributed by atoms with Gasteiger partial charge in [0.25, 0.3) is 0 Å². The van der Waals surface area contributed by atoms with Gasteiger partial charge in [-0.2, -0.15) is 0 Å². The summed E-state index contributed by atoms with van der Waals surface area (Å²) in [6.45, 7) is 9.20. The number of carboxylic acid groups (broad SMARTS) is 1. The molecule has 0 aliphatic carbocycles. The Morgan fingerprint density at radius 1 is 1.05 bits per heavy atom. The van der Waals surface area contributed by atoms with E-state index in [4.69, 9.17) is 29.5 Å². The van der Waals surface area contributed by atoms with Gasteiger partial charge < -0.3 is 29.0 Å². The highest BCUT2D eigenvalue weighted by atomic mass is 79.9. The van der Waals surface area contributed by atoms with E-state index in [1.54, 1.807) is 26.0 Å². The Morgan fingerprint density at radius 3 is 2.24 bits per heavy atom. The van der Waals surface area contributed by atoms with Crippen molar-refractivity contribution in [3.8, 4) is 23.0 Å². The summed E-state index contributed by atoms with van der Waals surface area (Å²) >= 11 is 0.